The molecule has 1 fully saturated rings. The van der Waals surface area contributed by atoms with Crippen LogP contribution in [0.1, 0.15) is 22.3 Å². The average molecular weight is 416 g/mol. The molecule has 1 saturated heterocycles. The molecule has 1 atom stereocenters. The molecule has 1 heterocycles. The maximum Gasteiger partial charge on any atom is 0.248 e. The number of nitrogens with zero attached hydrogens (tertiary/aromatic N) is 2. The first-order chi connectivity index (χ1) is 14.0. The van der Waals surface area contributed by atoms with E-state index in [1.165, 1.54) is 0 Å². The highest BCUT2D eigenvalue weighted by Gasteiger charge is 2.25. The summed E-state index contributed by atoms with van der Waals surface area (Å²) in [5.74, 6) is 1.12. The van der Waals surface area contributed by atoms with Gasteiger partial charge in [-0.3, -0.25) is 9.79 Å². The van der Waals surface area contributed by atoms with Crippen LogP contribution in [0.3, 0.4) is 0 Å². The van der Waals surface area contributed by atoms with Crippen LogP contribution in [-0.4, -0.2) is 45.2 Å². The predicted molar refractivity (Wildman–Crippen MR) is 117 cm³/mol. The molecular weight excluding hydrogens is 390 g/mol. The Labute approximate surface area is 175 Å². The first-order valence-corrected chi connectivity index (χ1v) is 9.82. The number of nitrogens with two attached hydrogens (primary N) is 1. The van der Waals surface area contributed by atoms with Crippen molar-refractivity contribution >= 4 is 29.2 Å². The summed E-state index contributed by atoms with van der Waals surface area (Å²) in [7, 11) is 3.42. The second kappa shape index (κ2) is 9.52. The van der Waals surface area contributed by atoms with Crippen LogP contribution in [0.4, 0.5) is 5.69 Å². The molecule has 2 aromatic carbocycles. The fourth-order valence-electron chi connectivity index (χ4n) is 3.37. The van der Waals surface area contributed by atoms with Gasteiger partial charge in [-0.1, -0.05) is 23.7 Å². The lowest BCUT2D eigenvalue weighted by atomic mass is 10.1. The standard InChI is InChI=1S/C21H26ClN5O2/c1-24-21(25-12-14-3-5-15(6-4-14)20(23)28)26-17-9-10-27(13-17)18-11-16(22)7-8-19(18)29-2/h3-8,11,17H,9-10,12-13H2,1-2H3,(H2,23,28)(H2,24,25,26). The van der Waals surface area contributed by atoms with Crippen LogP contribution in [0.25, 0.3) is 0 Å². The van der Waals surface area contributed by atoms with Gasteiger partial charge in [-0.05, 0) is 42.3 Å². The zero-order chi connectivity index (χ0) is 20.8. The fourth-order valence-corrected chi connectivity index (χ4v) is 3.53. The van der Waals surface area contributed by atoms with Crippen molar-refractivity contribution in [2.75, 3.05) is 32.1 Å². The number of methoxy groups -OCH3 is 1. The van der Waals surface area contributed by atoms with E-state index in [0.717, 1.165) is 42.5 Å². The van der Waals surface area contributed by atoms with Crippen molar-refractivity contribution in [1.82, 2.24) is 10.6 Å². The van der Waals surface area contributed by atoms with E-state index in [2.05, 4.69) is 20.5 Å². The number of amides is 1. The summed E-state index contributed by atoms with van der Waals surface area (Å²) in [6.45, 7) is 2.32. The topological polar surface area (TPSA) is 92.0 Å². The molecule has 2 aromatic rings. The number of hydrogen-bond acceptors (Lipinski definition) is 4. The van der Waals surface area contributed by atoms with Gasteiger partial charge in [0.1, 0.15) is 5.75 Å². The van der Waals surface area contributed by atoms with Gasteiger partial charge in [0.2, 0.25) is 5.91 Å². The largest absolute Gasteiger partial charge is 0.495 e. The normalized spacial score (nSPS) is 16.6. The second-order valence-electron chi connectivity index (χ2n) is 6.88. The molecule has 29 heavy (non-hydrogen) atoms. The number of ether oxygens (including phenoxy) is 1. The van der Waals surface area contributed by atoms with Crippen LogP contribution in [0.5, 0.6) is 5.75 Å². The van der Waals surface area contributed by atoms with Gasteiger partial charge in [-0.25, -0.2) is 0 Å². The summed E-state index contributed by atoms with van der Waals surface area (Å²) in [6.07, 6.45) is 0.976. The summed E-state index contributed by atoms with van der Waals surface area (Å²) < 4.78 is 5.48. The average Bonchev–Trinajstić information content (AvgIpc) is 3.19. The SMILES string of the molecule is CN=C(NCc1ccc(C(N)=O)cc1)NC1CCN(c2cc(Cl)ccc2OC)C1. The number of hydrogen-bond donors (Lipinski definition) is 3. The van der Waals surface area contributed by atoms with E-state index in [-0.39, 0.29) is 6.04 Å². The van der Waals surface area contributed by atoms with E-state index < -0.39 is 5.91 Å². The number of rotatable bonds is 6. The zero-order valence-electron chi connectivity index (χ0n) is 16.6. The number of benzene rings is 2. The smallest absolute Gasteiger partial charge is 0.248 e. The Hall–Kier alpha value is -2.93. The Morgan fingerprint density at radius 1 is 1.31 bits per heavy atom. The number of carbonyl (C=O) groups is 1. The minimum atomic E-state index is -0.427. The zero-order valence-corrected chi connectivity index (χ0v) is 17.4. The van der Waals surface area contributed by atoms with Crippen LogP contribution in [-0.2, 0) is 6.54 Å². The molecule has 1 aliphatic rings. The van der Waals surface area contributed by atoms with Crippen molar-refractivity contribution in [2.45, 2.75) is 19.0 Å². The van der Waals surface area contributed by atoms with E-state index in [4.69, 9.17) is 22.1 Å². The van der Waals surface area contributed by atoms with Crippen molar-refractivity contribution < 1.29 is 9.53 Å². The molecule has 0 spiro atoms. The summed E-state index contributed by atoms with van der Waals surface area (Å²) in [5, 5.41) is 7.46. The lowest BCUT2D eigenvalue weighted by Gasteiger charge is -2.22. The molecule has 3 rings (SSSR count). The third kappa shape index (κ3) is 5.32. The van der Waals surface area contributed by atoms with Gasteiger partial charge in [0.25, 0.3) is 0 Å². The quantitative estimate of drug-likeness (QED) is 0.497. The second-order valence-corrected chi connectivity index (χ2v) is 7.32. The Morgan fingerprint density at radius 3 is 2.72 bits per heavy atom. The summed E-state index contributed by atoms with van der Waals surface area (Å²) in [4.78, 5) is 17.7. The predicted octanol–water partition coefficient (Wildman–Crippen LogP) is 2.39. The molecule has 0 aromatic heterocycles. The van der Waals surface area contributed by atoms with Crippen molar-refractivity contribution in [1.29, 1.82) is 0 Å². The van der Waals surface area contributed by atoms with Crippen molar-refractivity contribution in [2.24, 2.45) is 10.7 Å². The van der Waals surface area contributed by atoms with Gasteiger partial charge in [-0.15, -0.1) is 0 Å². The van der Waals surface area contributed by atoms with Gasteiger partial charge < -0.3 is 26.0 Å². The fraction of sp³-hybridized carbons (Fsp3) is 0.333. The van der Waals surface area contributed by atoms with Gasteiger partial charge in [-0.2, -0.15) is 0 Å². The number of primary amides is 1. The van der Waals surface area contributed by atoms with E-state index in [1.807, 2.05) is 30.3 Å². The number of halogens is 1. The number of anilines is 1. The summed E-state index contributed by atoms with van der Waals surface area (Å²) in [5.41, 5.74) is 7.81. The monoisotopic (exact) mass is 415 g/mol. The Kier molecular flexibility index (Phi) is 6.82. The van der Waals surface area contributed by atoms with Crippen molar-refractivity contribution in [3.05, 3.63) is 58.6 Å². The number of nitrogens with one attached hydrogen (secondary N) is 2. The van der Waals surface area contributed by atoms with Gasteiger partial charge >= 0.3 is 0 Å². The molecule has 7 nitrogen and oxygen atoms in total. The van der Waals surface area contributed by atoms with E-state index in [9.17, 15) is 4.79 Å². The first-order valence-electron chi connectivity index (χ1n) is 9.44. The Morgan fingerprint density at radius 2 is 2.07 bits per heavy atom. The molecule has 1 aliphatic heterocycles. The molecule has 8 heteroatoms. The highest BCUT2D eigenvalue weighted by molar-refractivity contribution is 6.30. The third-order valence-corrected chi connectivity index (χ3v) is 5.17. The lowest BCUT2D eigenvalue weighted by Crippen LogP contribution is -2.44. The van der Waals surface area contributed by atoms with Crippen molar-refractivity contribution in [3.8, 4) is 5.75 Å². The van der Waals surface area contributed by atoms with E-state index in [0.29, 0.717) is 17.1 Å². The summed E-state index contributed by atoms with van der Waals surface area (Å²) >= 11 is 6.17. The minimum Gasteiger partial charge on any atom is -0.495 e. The van der Waals surface area contributed by atoms with E-state index >= 15 is 0 Å². The molecule has 0 radical (unpaired) electrons. The summed E-state index contributed by atoms with van der Waals surface area (Å²) in [6, 6.07) is 13.1. The number of guanidine groups is 1. The maximum absolute atomic E-state index is 11.2. The Bertz CT molecular complexity index is 885. The van der Waals surface area contributed by atoms with E-state index in [1.54, 1.807) is 26.3 Å². The van der Waals surface area contributed by atoms with Crippen molar-refractivity contribution in [3.63, 3.8) is 0 Å². The van der Waals surface area contributed by atoms with Gasteiger partial charge in [0, 0.05) is 43.3 Å². The molecule has 0 bridgehead atoms. The molecule has 1 amide bonds. The minimum absolute atomic E-state index is 0.252. The molecular formula is C21H26ClN5O2. The van der Waals surface area contributed by atoms with Gasteiger partial charge in [0.05, 0.1) is 12.8 Å². The maximum atomic E-state index is 11.2. The van der Waals surface area contributed by atoms with Crippen LogP contribution in [0.2, 0.25) is 5.02 Å². The molecule has 4 N–H and O–H groups in total. The van der Waals surface area contributed by atoms with Crippen LogP contribution >= 0.6 is 11.6 Å². The van der Waals surface area contributed by atoms with Crippen LogP contribution in [0.15, 0.2) is 47.5 Å². The molecule has 1 unspecified atom stereocenters. The molecule has 0 aliphatic carbocycles. The molecule has 154 valence electrons. The molecule has 0 saturated carbocycles. The number of aliphatic imine (C=N–C) groups is 1. The number of carbonyl (C=O) groups excluding carboxylic acids is 1. The lowest BCUT2D eigenvalue weighted by molar-refractivity contribution is 0.100. The third-order valence-electron chi connectivity index (χ3n) is 4.93. The van der Waals surface area contributed by atoms with Crippen LogP contribution < -0.4 is 26.0 Å². The Balaban J connectivity index is 1.55. The highest BCUT2D eigenvalue weighted by Crippen LogP contribution is 2.33. The van der Waals surface area contributed by atoms with Gasteiger partial charge in [0.15, 0.2) is 5.96 Å². The van der Waals surface area contributed by atoms with Crippen LogP contribution in [0, 0.1) is 0 Å². The highest BCUT2D eigenvalue weighted by atomic mass is 35.5. The first kappa shape index (κ1) is 20.8.